The van der Waals surface area contributed by atoms with Gasteiger partial charge >= 0.3 is 23.9 Å². The molecule has 31 heavy (non-hydrogen) atoms. The van der Waals surface area contributed by atoms with Gasteiger partial charge in [-0.05, 0) is 12.8 Å². The van der Waals surface area contributed by atoms with Gasteiger partial charge in [-0.3, -0.25) is 14.4 Å². The number of hydrogen-bond acceptors (Lipinski definition) is 7. The Morgan fingerprint density at radius 3 is 1.42 bits per heavy atom. The molecule has 1 atom stereocenters. The predicted octanol–water partition coefficient (Wildman–Crippen LogP) is 5.16. The van der Waals surface area contributed by atoms with Gasteiger partial charge in [-0.2, -0.15) is 0 Å². The first-order valence-corrected chi connectivity index (χ1v) is 12.1. The summed E-state index contributed by atoms with van der Waals surface area (Å²) in [6.07, 6.45) is 12.2. The maximum atomic E-state index is 11.7. The maximum Gasteiger partial charge on any atom is 0.343 e. The van der Waals surface area contributed by atoms with Crippen LogP contribution in [-0.2, 0) is 28.7 Å². The van der Waals surface area contributed by atoms with Crippen LogP contribution in [0.1, 0.15) is 123 Å². The normalized spacial score (nSPS) is 11.7. The molecule has 0 spiro atoms. The van der Waals surface area contributed by atoms with Crippen LogP contribution in [0.15, 0.2) is 0 Å². The Kier molecular flexibility index (Phi) is 19.0. The largest absolute Gasteiger partial charge is 0.393 e. The molecular weight excluding hydrogens is 400 g/mol. The fraction of sp³-hybridized carbons (Fsp3) is 0.833. The average molecular weight is 443 g/mol. The summed E-state index contributed by atoms with van der Waals surface area (Å²) in [5.41, 5.74) is 0. The van der Waals surface area contributed by atoms with Crippen molar-refractivity contribution >= 4 is 23.9 Å². The zero-order valence-corrected chi connectivity index (χ0v) is 19.5. The predicted molar refractivity (Wildman–Crippen MR) is 118 cm³/mol. The molecule has 0 aromatic heterocycles. The molecule has 1 N–H and O–H groups in total. The topological polar surface area (TPSA) is 107 Å². The van der Waals surface area contributed by atoms with Gasteiger partial charge in [-0.25, -0.2) is 4.79 Å². The SMILES string of the molecule is CCCCCCCCCC(=O)OC(=O)CC(O)C(=O)OC(=O)CCCCCCCCC. The van der Waals surface area contributed by atoms with E-state index in [1.54, 1.807) is 0 Å². The Morgan fingerprint density at radius 2 is 0.968 bits per heavy atom. The maximum absolute atomic E-state index is 11.7. The van der Waals surface area contributed by atoms with Crippen molar-refractivity contribution in [3.8, 4) is 0 Å². The second-order valence-electron chi connectivity index (χ2n) is 8.10. The first kappa shape index (κ1) is 29.2. The summed E-state index contributed by atoms with van der Waals surface area (Å²) < 4.78 is 9.17. The molecule has 0 rings (SSSR count). The van der Waals surface area contributed by atoms with Gasteiger partial charge in [0.15, 0.2) is 6.10 Å². The summed E-state index contributed by atoms with van der Waals surface area (Å²) in [7, 11) is 0. The molecule has 0 aromatic rings. The molecular formula is C24H42O7. The van der Waals surface area contributed by atoms with Crippen LogP contribution in [0.2, 0.25) is 0 Å². The van der Waals surface area contributed by atoms with E-state index in [2.05, 4.69) is 23.3 Å². The number of hydrogen-bond donors (Lipinski definition) is 1. The van der Waals surface area contributed by atoms with Crippen molar-refractivity contribution in [1.29, 1.82) is 0 Å². The van der Waals surface area contributed by atoms with Crippen LogP contribution in [-0.4, -0.2) is 35.1 Å². The third-order valence-electron chi connectivity index (χ3n) is 5.04. The van der Waals surface area contributed by atoms with Gasteiger partial charge in [-0.1, -0.05) is 90.9 Å². The van der Waals surface area contributed by atoms with E-state index in [0.717, 1.165) is 38.5 Å². The lowest BCUT2D eigenvalue weighted by molar-refractivity contribution is -0.171. The molecule has 0 amide bonds. The molecule has 0 bridgehead atoms. The highest BCUT2D eigenvalue weighted by Crippen LogP contribution is 2.11. The highest BCUT2D eigenvalue weighted by molar-refractivity contribution is 5.92. The number of ether oxygens (including phenoxy) is 2. The monoisotopic (exact) mass is 442 g/mol. The highest BCUT2D eigenvalue weighted by Gasteiger charge is 2.25. The summed E-state index contributed by atoms with van der Waals surface area (Å²) in [5, 5.41) is 9.72. The minimum absolute atomic E-state index is 0.0909. The smallest absolute Gasteiger partial charge is 0.343 e. The van der Waals surface area contributed by atoms with Gasteiger partial charge in [0.25, 0.3) is 0 Å². The van der Waals surface area contributed by atoms with Gasteiger partial charge in [-0.15, -0.1) is 0 Å². The third kappa shape index (κ3) is 18.7. The first-order chi connectivity index (χ1) is 14.9. The van der Waals surface area contributed by atoms with Gasteiger partial charge in [0.1, 0.15) is 0 Å². The van der Waals surface area contributed by atoms with Gasteiger partial charge in [0, 0.05) is 12.8 Å². The number of esters is 4. The van der Waals surface area contributed by atoms with Crippen molar-refractivity contribution in [2.75, 3.05) is 0 Å². The summed E-state index contributed by atoms with van der Waals surface area (Å²) in [6.45, 7) is 4.30. The van der Waals surface area contributed by atoms with Crippen molar-refractivity contribution in [3.05, 3.63) is 0 Å². The second kappa shape index (κ2) is 20.2. The molecule has 1 unspecified atom stereocenters. The van der Waals surface area contributed by atoms with Crippen molar-refractivity contribution < 1.29 is 33.8 Å². The lowest BCUT2D eigenvalue weighted by Crippen LogP contribution is -2.29. The molecule has 0 fully saturated rings. The Labute approximate surface area is 187 Å². The van der Waals surface area contributed by atoms with E-state index in [1.807, 2.05) is 0 Å². The van der Waals surface area contributed by atoms with Crippen molar-refractivity contribution in [2.24, 2.45) is 0 Å². The number of aliphatic hydroxyl groups excluding tert-OH is 1. The van der Waals surface area contributed by atoms with Crippen LogP contribution in [0.25, 0.3) is 0 Å². The number of unbranched alkanes of at least 4 members (excludes halogenated alkanes) is 12. The average Bonchev–Trinajstić information content (AvgIpc) is 2.72. The summed E-state index contributed by atoms with van der Waals surface area (Å²) in [6, 6.07) is 0. The van der Waals surface area contributed by atoms with E-state index in [0.29, 0.717) is 12.8 Å². The lowest BCUT2D eigenvalue weighted by atomic mass is 10.1. The molecule has 0 aromatic carbocycles. The molecule has 0 aliphatic carbocycles. The van der Waals surface area contributed by atoms with Crippen LogP contribution >= 0.6 is 0 Å². The molecule has 0 aliphatic rings. The fourth-order valence-electron chi connectivity index (χ4n) is 3.15. The third-order valence-corrected chi connectivity index (χ3v) is 5.04. The minimum atomic E-state index is -1.82. The first-order valence-electron chi connectivity index (χ1n) is 12.1. The number of carbonyl (C=O) groups is 4. The molecule has 0 saturated carbocycles. The van der Waals surface area contributed by atoms with Crippen molar-refractivity contribution in [2.45, 2.75) is 129 Å². The van der Waals surface area contributed by atoms with Gasteiger partial charge in [0.2, 0.25) is 0 Å². The highest BCUT2D eigenvalue weighted by atomic mass is 16.6. The van der Waals surface area contributed by atoms with E-state index in [-0.39, 0.29) is 12.8 Å². The van der Waals surface area contributed by atoms with E-state index in [4.69, 9.17) is 0 Å². The summed E-state index contributed by atoms with van der Waals surface area (Å²) in [4.78, 5) is 46.7. The Balaban J connectivity index is 3.85. The van der Waals surface area contributed by atoms with E-state index >= 15 is 0 Å². The van der Waals surface area contributed by atoms with Crippen LogP contribution in [0, 0.1) is 0 Å². The zero-order chi connectivity index (χ0) is 23.3. The van der Waals surface area contributed by atoms with Gasteiger partial charge in [0.05, 0.1) is 6.42 Å². The van der Waals surface area contributed by atoms with Crippen molar-refractivity contribution in [1.82, 2.24) is 0 Å². The van der Waals surface area contributed by atoms with Crippen LogP contribution in [0.3, 0.4) is 0 Å². The van der Waals surface area contributed by atoms with Crippen LogP contribution in [0.5, 0.6) is 0 Å². The Bertz CT molecular complexity index is 516. The van der Waals surface area contributed by atoms with Crippen LogP contribution < -0.4 is 0 Å². The second-order valence-corrected chi connectivity index (χ2v) is 8.10. The van der Waals surface area contributed by atoms with E-state index < -0.39 is 36.4 Å². The molecule has 7 nitrogen and oxygen atoms in total. The van der Waals surface area contributed by atoms with Gasteiger partial charge < -0.3 is 14.6 Å². The molecule has 0 saturated heterocycles. The Hall–Kier alpha value is -1.76. The molecule has 0 heterocycles. The number of carbonyl (C=O) groups excluding carboxylic acids is 4. The molecule has 0 aliphatic heterocycles. The van der Waals surface area contributed by atoms with Crippen molar-refractivity contribution in [3.63, 3.8) is 0 Å². The molecule has 180 valence electrons. The zero-order valence-electron chi connectivity index (χ0n) is 19.5. The standard InChI is InChI=1S/C24H42O7/c1-3-5-7-9-11-13-15-17-21(26)30-23(28)19-20(25)24(29)31-22(27)18-16-14-12-10-8-6-4-2/h20,25H,3-19H2,1-2H3. The summed E-state index contributed by atoms with van der Waals surface area (Å²) in [5.74, 6) is -3.59. The number of aliphatic hydroxyl groups is 1. The Morgan fingerprint density at radius 1 is 0.581 bits per heavy atom. The lowest BCUT2D eigenvalue weighted by Gasteiger charge is -2.09. The molecule has 7 heteroatoms. The molecule has 0 radical (unpaired) electrons. The quantitative estimate of drug-likeness (QED) is 0.167. The fourth-order valence-corrected chi connectivity index (χ4v) is 3.15. The number of rotatable bonds is 19. The van der Waals surface area contributed by atoms with Crippen LogP contribution in [0.4, 0.5) is 0 Å². The summed E-state index contributed by atoms with van der Waals surface area (Å²) >= 11 is 0. The van der Waals surface area contributed by atoms with E-state index in [9.17, 15) is 24.3 Å². The van der Waals surface area contributed by atoms with E-state index in [1.165, 1.54) is 38.5 Å². The minimum Gasteiger partial charge on any atom is -0.393 e.